The van der Waals surface area contributed by atoms with Crippen molar-refractivity contribution in [2.45, 2.75) is 26.4 Å². The molecular weight excluding hydrogens is 470 g/mol. The number of aromatic nitrogens is 4. The van der Waals surface area contributed by atoms with Gasteiger partial charge < -0.3 is 10.2 Å². The lowest BCUT2D eigenvalue weighted by molar-refractivity contribution is -0.144. The first kappa shape index (κ1) is 24.5. The number of fused-ring (bicyclic) bond motifs is 1. The Morgan fingerprint density at radius 2 is 1.80 bits per heavy atom. The van der Waals surface area contributed by atoms with E-state index < -0.39 is 17.8 Å². The molecule has 1 saturated heterocycles. The van der Waals surface area contributed by atoms with E-state index >= 15 is 0 Å². The number of rotatable bonds is 5. The van der Waals surface area contributed by atoms with Crippen molar-refractivity contribution < 1.29 is 27.2 Å². The lowest BCUT2D eigenvalue weighted by Crippen LogP contribution is -2.50. The topological polar surface area (TPSA) is 95.7 Å². The Labute approximate surface area is 197 Å². The zero-order chi connectivity index (χ0) is 25.3. The summed E-state index contributed by atoms with van der Waals surface area (Å²) in [7, 11) is 0. The molecular formula is C22H23F4N7O2. The molecule has 35 heavy (non-hydrogen) atoms. The molecule has 2 amide bonds. The number of hydrogen-bond donors (Lipinski definition) is 1. The third-order valence-corrected chi connectivity index (χ3v) is 5.83. The smallest absolute Gasteiger partial charge is 0.340 e. The number of carbonyl (C=O) groups is 2. The molecule has 1 fully saturated rings. The molecule has 0 aliphatic carbocycles. The number of piperazine rings is 1. The van der Waals surface area contributed by atoms with Crippen LogP contribution in [0.3, 0.4) is 0 Å². The summed E-state index contributed by atoms with van der Waals surface area (Å²) in [5.41, 5.74) is 1.65. The van der Waals surface area contributed by atoms with Crippen molar-refractivity contribution in [1.82, 2.24) is 29.4 Å². The van der Waals surface area contributed by atoms with Crippen LogP contribution in [-0.4, -0.2) is 73.9 Å². The van der Waals surface area contributed by atoms with E-state index in [0.29, 0.717) is 48.8 Å². The van der Waals surface area contributed by atoms with Crippen molar-refractivity contribution in [1.29, 1.82) is 0 Å². The van der Waals surface area contributed by atoms with Gasteiger partial charge in [0.05, 0.1) is 13.0 Å². The lowest BCUT2D eigenvalue weighted by atomic mass is 10.1. The second-order valence-electron chi connectivity index (χ2n) is 8.30. The summed E-state index contributed by atoms with van der Waals surface area (Å²) in [5, 5.41) is 6.15. The maximum absolute atomic E-state index is 13.3. The van der Waals surface area contributed by atoms with Crippen LogP contribution in [0.2, 0.25) is 0 Å². The Balaban J connectivity index is 1.35. The summed E-state index contributed by atoms with van der Waals surface area (Å²) in [5.74, 6) is -2.38. The molecule has 0 atom stereocenters. The molecule has 0 spiro atoms. The van der Waals surface area contributed by atoms with E-state index in [2.05, 4.69) is 20.4 Å². The highest BCUT2D eigenvalue weighted by Crippen LogP contribution is 2.27. The first-order valence-corrected chi connectivity index (χ1v) is 10.9. The Morgan fingerprint density at radius 3 is 2.46 bits per heavy atom. The number of alkyl halides is 3. The number of aryl methyl sites for hydroxylation is 2. The van der Waals surface area contributed by atoms with Gasteiger partial charge in [0.2, 0.25) is 11.8 Å². The SMILES string of the molecule is Cc1nc2nc(C(F)(F)F)nn2c(C)c1CC(=O)N1CCN(CC(=O)Nc2cccc(F)c2)CC1. The van der Waals surface area contributed by atoms with Gasteiger partial charge in [-0.1, -0.05) is 6.07 Å². The largest absolute Gasteiger partial charge is 0.453 e. The fourth-order valence-corrected chi connectivity index (χ4v) is 3.97. The third-order valence-electron chi connectivity index (χ3n) is 5.83. The van der Waals surface area contributed by atoms with Gasteiger partial charge in [-0.25, -0.2) is 13.9 Å². The molecule has 186 valence electrons. The highest BCUT2D eigenvalue weighted by atomic mass is 19.4. The van der Waals surface area contributed by atoms with Crippen molar-refractivity contribution in [3.8, 4) is 0 Å². The van der Waals surface area contributed by atoms with Gasteiger partial charge in [-0.15, -0.1) is 5.10 Å². The number of hydrogen-bond acceptors (Lipinski definition) is 6. The summed E-state index contributed by atoms with van der Waals surface area (Å²) in [6.07, 6.45) is -4.74. The Bertz CT molecular complexity index is 1270. The van der Waals surface area contributed by atoms with Crippen molar-refractivity contribution in [3.63, 3.8) is 0 Å². The lowest BCUT2D eigenvalue weighted by Gasteiger charge is -2.34. The summed E-state index contributed by atoms with van der Waals surface area (Å²) in [4.78, 5) is 36.2. The minimum Gasteiger partial charge on any atom is -0.340 e. The Kier molecular flexibility index (Phi) is 6.70. The Hall–Kier alpha value is -3.61. The molecule has 4 rings (SSSR count). The van der Waals surface area contributed by atoms with Crippen molar-refractivity contribution >= 4 is 23.3 Å². The number of carbonyl (C=O) groups excluding carboxylic acids is 2. The zero-order valence-electron chi connectivity index (χ0n) is 19.1. The highest BCUT2D eigenvalue weighted by Gasteiger charge is 2.37. The van der Waals surface area contributed by atoms with Crippen molar-refractivity contribution in [2.75, 3.05) is 38.0 Å². The molecule has 0 bridgehead atoms. The summed E-state index contributed by atoms with van der Waals surface area (Å²) in [6.45, 7) is 5.01. The van der Waals surface area contributed by atoms with Crippen LogP contribution in [0.4, 0.5) is 23.2 Å². The van der Waals surface area contributed by atoms with Crippen molar-refractivity contribution in [2.24, 2.45) is 0 Å². The molecule has 9 nitrogen and oxygen atoms in total. The van der Waals surface area contributed by atoms with E-state index in [4.69, 9.17) is 0 Å². The van der Waals surface area contributed by atoms with Gasteiger partial charge in [0, 0.05) is 48.8 Å². The van der Waals surface area contributed by atoms with E-state index in [-0.39, 0.29) is 30.6 Å². The van der Waals surface area contributed by atoms with Crippen LogP contribution >= 0.6 is 0 Å². The van der Waals surface area contributed by atoms with E-state index in [1.807, 2.05) is 4.90 Å². The molecule has 0 saturated carbocycles. The number of amides is 2. The fourth-order valence-electron chi connectivity index (χ4n) is 3.97. The van der Waals surface area contributed by atoms with Crippen LogP contribution in [0.25, 0.3) is 5.78 Å². The van der Waals surface area contributed by atoms with Crippen LogP contribution in [0, 0.1) is 19.7 Å². The zero-order valence-corrected chi connectivity index (χ0v) is 19.1. The fraction of sp³-hybridized carbons (Fsp3) is 0.409. The molecule has 3 heterocycles. The van der Waals surface area contributed by atoms with E-state index in [9.17, 15) is 27.2 Å². The van der Waals surface area contributed by atoms with E-state index in [1.165, 1.54) is 18.2 Å². The number of halogens is 4. The first-order chi connectivity index (χ1) is 16.5. The molecule has 1 aliphatic rings. The molecule has 2 aromatic heterocycles. The normalized spacial score (nSPS) is 15.0. The average Bonchev–Trinajstić information content (AvgIpc) is 3.22. The number of anilines is 1. The monoisotopic (exact) mass is 493 g/mol. The predicted octanol–water partition coefficient (Wildman–Crippen LogP) is 2.22. The minimum absolute atomic E-state index is 0.0398. The highest BCUT2D eigenvalue weighted by molar-refractivity contribution is 5.92. The number of nitrogens with one attached hydrogen (secondary N) is 1. The molecule has 0 radical (unpaired) electrons. The van der Waals surface area contributed by atoms with E-state index in [0.717, 1.165) is 4.52 Å². The number of nitrogens with zero attached hydrogens (tertiary/aromatic N) is 6. The molecule has 3 aromatic rings. The van der Waals surface area contributed by atoms with Gasteiger partial charge in [0.1, 0.15) is 5.82 Å². The Morgan fingerprint density at radius 1 is 1.09 bits per heavy atom. The van der Waals surface area contributed by atoms with Gasteiger partial charge in [-0.05, 0) is 32.0 Å². The summed E-state index contributed by atoms with van der Waals surface area (Å²) >= 11 is 0. The molecule has 0 unspecified atom stereocenters. The molecule has 13 heteroatoms. The summed E-state index contributed by atoms with van der Waals surface area (Å²) in [6, 6.07) is 5.61. The van der Waals surface area contributed by atoms with Crippen LogP contribution in [0.1, 0.15) is 22.8 Å². The maximum atomic E-state index is 13.3. The first-order valence-electron chi connectivity index (χ1n) is 10.9. The van der Waals surface area contributed by atoms with Gasteiger partial charge in [-0.2, -0.15) is 18.2 Å². The standard InChI is InChI=1S/C22H23F4N7O2/c1-13-17(14(2)33-21(27-13)29-20(30-33)22(24,25)26)11-19(35)32-8-6-31(7-9-32)12-18(34)28-16-5-3-4-15(23)10-16/h3-5,10H,6-9,11-12H2,1-2H3,(H,28,34). The van der Waals surface area contributed by atoms with Gasteiger partial charge >= 0.3 is 6.18 Å². The quantitative estimate of drug-likeness (QED) is 0.548. The van der Waals surface area contributed by atoms with E-state index in [1.54, 1.807) is 24.8 Å². The van der Waals surface area contributed by atoms with Gasteiger partial charge in [0.25, 0.3) is 11.6 Å². The van der Waals surface area contributed by atoms with Gasteiger partial charge in [0.15, 0.2) is 0 Å². The minimum atomic E-state index is -4.70. The maximum Gasteiger partial charge on any atom is 0.453 e. The van der Waals surface area contributed by atoms with Crippen LogP contribution < -0.4 is 5.32 Å². The van der Waals surface area contributed by atoms with Gasteiger partial charge in [-0.3, -0.25) is 14.5 Å². The summed E-state index contributed by atoms with van der Waals surface area (Å²) < 4.78 is 53.2. The van der Waals surface area contributed by atoms with Crippen LogP contribution in [0.15, 0.2) is 24.3 Å². The number of benzene rings is 1. The molecule has 1 N–H and O–H groups in total. The van der Waals surface area contributed by atoms with Crippen LogP contribution in [0.5, 0.6) is 0 Å². The third kappa shape index (κ3) is 5.56. The molecule has 1 aromatic carbocycles. The second kappa shape index (κ2) is 9.56. The van der Waals surface area contributed by atoms with Crippen LogP contribution in [-0.2, 0) is 22.2 Å². The predicted molar refractivity (Wildman–Crippen MR) is 117 cm³/mol. The second-order valence-corrected chi connectivity index (χ2v) is 8.30. The van der Waals surface area contributed by atoms with Crippen molar-refractivity contribution in [3.05, 3.63) is 52.9 Å². The average molecular weight is 493 g/mol. The molecule has 1 aliphatic heterocycles.